The van der Waals surface area contributed by atoms with Crippen LogP contribution in [0.4, 0.5) is 0 Å². The fourth-order valence-corrected chi connectivity index (χ4v) is 0. The van der Waals surface area contributed by atoms with E-state index in [4.69, 9.17) is 0 Å². The Hall–Kier alpha value is 2.52. The molecule has 0 aromatic carbocycles. The third-order valence-corrected chi connectivity index (χ3v) is 0. The van der Waals surface area contributed by atoms with Gasteiger partial charge in [0.15, 0.2) is 0 Å². The van der Waals surface area contributed by atoms with Crippen LogP contribution in [0.2, 0.25) is 0 Å². The van der Waals surface area contributed by atoms with Gasteiger partial charge < -0.3 is 83.8 Å². The van der Waals surface area contributed by atoms with E-state index in [9.17, 15) is 0 Å². The molecule has 0 aromatic rings. The average Bonchev–Trinajstić information content (AvgIpc) is 0. The van der Waals surface area contributed by atoms with Crippen molar-refractivity contribution >= 4 is 0 Å². The first-order valence-electron chi connectivity index (χ1n) is 0. The van der Waals surface area contributed by atoms with Gasteiger partial charge in [0.2, 0.25) is 0 Å². The molecule has 0 aliphatic rings. The predicted octanol–water partition coefficient (Wildman–Crippen LogP) is -13.9. The summed E-state index contributed by atoms with van der Waals surface area (Å²) in [5.41, 5.74) is 0. The molecule has 1 radical (unpaired) electrons. The van der Waals surface area contributed by atoms with Gasteiger partial charge in [0.1, 0.15) is 0 Å². The number of rotatable bonds is 0. The van der Waals surface area contributed by atoms with Gasteiger partial charge in [-0.2, -0.15) is 0 Å². The van der Waals surface area contributed by atoms with Crippen molar-refractivity contribution in [3.63, 3.8) is 0 Å². The van der Waals surface area contributed by atoms with Crippen molar-refractivity contribution in [1.29, 1.82) is 0 Å². The summed E-state index contributed by atoms with van der Waals surface area (Å²) in [6.07, 6.45) is 0. The Morgan fingerprint density at radius 3 is 0.300 bits per heavy atom. The van der Waals surface area contributed by atoms with Gasteiger partial charge in [0.05, 0.1) is 0 Å². The van der Waals surface area contributed by atoms with E-state index in [0.29, 0.717) is 0 Å². The van der Waals surface area contributed by atoms with Gasteiger partial charge in [-0.3, -0.25) is 0 Å². The summed E-state index contributed by atoms with van der Waals surface area (Å²) >= 11 is 0. The fourth-order valence-electron chi connectivity index (χ4n) is 0. The summed E-state index contributed by atoms with van der Waals surface area (Å²) in [4.78, 5) is 0. The van der Waals surface area contributed by atoms with Crippen LogP contribution in [0.3, 0.4) is 0 Å². The van der Waals surface area contributed by atoms with Gasteiger partial charge in [0, 0.05) is 0 Å². The maximum absolute atomic E-state index is 0. The summed E-state index contributed by atoms with van der Waals surface area (Å²) in [6.45, 7) is 0. The molecule has 0 bridgehead atoms. The zero-order chi connectivity index (χ0) is 0. The Bertz CT molecular complexity index is 13.0. The van der Waals surface area contributed by atoms with Crippen LogP contribution in [0.25, 0.3) is 0 Å². The molecule has 0 aliphatic heterocycles. The number of halogens is 3. The van der Waals surface area contributed by atoms with Crippen LogP contribution in [-0.4, -0.2) is 32.9 Å². The Morgan fingerprint density at radius 1 is 0.300 bits per heavy atom. The van der Waals surface area contributed by atoms with Crippen LogP contribution in [0.1, 0.15) is 0 Å². The molecule has 6 nitrogen and oxygen atoms in total. The second-order valence-corrected chi connectivity index (χ2v) is 0. The molecule has 0 unspecified atom stereocenters. The van der Waals surface area contributed by atoms with Crippen molar-refractivity contribution in [2.24, 2.45) is 0 Å². The first-order valence-corrected chi connectivity index (χ1v) is 0. The normalized spacial score (nSPS) is 0. The van der Waals surface area contributed by atoms with E-state index < -0.39 is 0 Å². The van der Waals surface area contributed by atoms with Gasteiger partial charge in [-0.15, -0.1) is 0 Å². The Morgan fingerprint density at radius 2 is 0.300 bits per heavy atom. The van der Waals surface area contributed by atoms with Crippen LogP contribution in [0.15, 0.2) is 0 Å². The molecule has 10 heavy (non-hydrogen) atoms. The second kappa shape index (κ2) is 200. The van der Waals surface area contributed by atoms with Crippen molar-refractivity contribution < 1.29 is 124 Å². The van der Waals surface area contributed by atoms with Crippen LogP contribution in [0, 0.1) is 39.9 Å². The van der Waals surface area contributed by atoms with E-state index in [2.05, 4.69) is 0 Å². The number of hydrogen-bond donors (Lipinski definition) is 0. The maximum atomic E-state index is 0. The SMILES string of the molecule is O.O.O.O.O.O.[Br-].[Br-].[Br-].[Gd+3]. The van der Waals surface area contributed by atoms with Crippen LogP contribution < -0.4 is 50.9 Å². The summed E-state index contributed by atoms with van der Waals surface area (Å²) in [6, 6.07) is 0. The molecule has 0 saturated heterocycles. The van der Waals surface area contributed by atoms with Gasteiger partial charge in [-0.05, 0) is 0 Å². The van der Waals surface area contributed by atoms with E-state index in [1.54, 1.807) is 0 Å². The zero-order valence-electron chi connectivity index (χ0n) is 4.49. The van der Waals surface area contributed by atoms with Gasteiger partial charge in [-0.25, -0.2) is 0 Å². The fraction of sp³-hybridized carbons (Fsp3) is 0. The quantitative estimate of drug-likeness (QED) is 0.303. The van der Waals surface area contributed by atoms with Crippen LogP contribution in [-0.2, 0) is 0 Å². The second-order valence-electron chi connectivity index (χ2n) is 0. The minimum atomic E-state index is 0. The van der Waals surface area contributed by atoms with Crippen molar-refractivity contribution in [3.05, 3.63) is 0 Å². The van der Waals surface area contributed by atoms with E-state index in [1.807, 2.05) is 0 Å². The number of hydrogen-bond acceptors (Lipinski definition) is 0. The predicted molar refractivity (Wildman–Crippen MR) is 21.7 cm³/mol. The van der Waals surface area contributed by atoms with Gasteiger partial charge >= 0.3 is 39.9 Å². The Labute approximate surface area is 122 Å². The van der Waals surface area contributed by atoms with Gasteiger partial charge in [0.25, 0.3) is 0 Å². The molecule has 10 heteroatoms. The summed E-state index contributed by atoms with van der Waals surface area (Å²) in [5.74, 6) is 0. The Kier molecular flexibility index (Phi) is 5230. The summed E-state index contributed by atoms with van der Waals surface area (Å²) in [7, 11) is 0. The average molecular weight is 505 g/mol. The van der Waals surface area contributed by atoms with Crippen molar-refractivity contribution in [3.8, 4) is 0 Å². The smallest absolute Gasteiger partial charge is 1.00 e. The molecule has 77 valence electrons. The van der Waals surface area contributed by atoms with Crippen molar-refractivity contribution in [2.75, 3.05) is 0 Å². The minimum Gasteiger partial charge on any atom is -1.00 e. The molecule has 0 saturated carbocycles. The van der Waals surface area contributed by atoms with Crippen molar-refractivity contribution in [1.82, 2.24) is 0 Å². The molecule has 0 atom stereocenters. The van der Waals surface area contributed by atoms with Gasteiger partial charge in [-0.1, -0.05) is 0 Å². The van der Waals surface area contributed by atoms with E-state index in [0.717, 1.165) is 0 Å². The van der Waals surface area contributed by atoms with E-state index >= 15 is 0 Å². The third-order valence-electron chi connectivity index (χ3n) is 0. The van der Waals surface area contributed by atoms with Crippen molar-refractivity contribution in [2.45, 2.75) is 0 Å². The maximum Gasteiger partial charge on any atom is 3.00 e. The molecule has 0 amide bonds. The molecule has 12 N–H and O–H groups in total. The molecule has 0 aromatic heterocycles. The third kappa shape index (κ3) is 150. The van der Waals surface area contributed by atoms with E-state index in [1.165, 1.54) is 0 Å². The van der Waals surface area contributed by atoms with E-state index in [-0.39, 0.29) is 124 Å². The summed E-state index contributed by atoms with van der Waals surface area (Å²) in [5, 5.41) is 0. The minimum absolute atomic E-state index is 0. The molecule has 0 aliphatic carbocycles. The monoisotopic (exact) mass is 503 g/mol. The van der Waals surface area contributed by atoms with Crippen LogP contribution >= 0.6 is 0 Å². The van der Waals surface area contributed by atoms with Crippen LogP contribution in [0.5, 0.6) is 0 Å². The first kappa shape index (κ1) is 261. The molecular formula is H12Br3GdO6. The topological polar surface area (TPSA) is 189 Å². The standard InChI is InChI=1S/3BrH.Gd.6H2O/h3*1H;;6*1H2/q;;;+3;;;;;;/p-3. The molecule has 0 spiro atoms. The first-order chi connectivity index (χ1) is 0. The molecule has 0 fully saturated rings. The molecular weight excluding hydrogens is 493 g/mol. The molecule has 0 rings (SSSR count). The molecule has 0 heterocycles. The zero-order valence-corrected chi connectivity index (χ0v) is 11.5. The Balaban J connectivity index is 0. The summed E-state index contributed by atoms with van der Waals surface area (Å²) < 4.78 is 0. The largest absolute Gasteiger partial charge is 3.00 e.